The van der Waals surface area contributed by atoms with E-state index < -0.39 is 0 Å². The average Bonchev–Trinajstić information content (AvgIpc) is 1.98. The Morgan fingerprint density at radius 1 is 1.36 bits per heavy atom. The van der Waals surface area contributed by atoms with Crippen molar-refractivity contribution in [2.24, 2.45) is 0 Å². The summed E-state index contributed by atoms with van der Waals surface area (Å²) >= 11 is 5.52. The quantitative estimate of drug-likeness (QED) is 0.654. The maximum atomic E-state index is 5.52. The number of aryl methyl sites for hydroxylation is 1. The molecule has 60 valence electrons. The van der Waals surface area contributed by atoms with Crippen LogP contribution in [0.15, 0.2) is 12.1 Å². The molecule has 0 spiro atoms. The third-order valence-corrected chi connectivity index (χ3v) is 1.55. The van der Waals surface area contributed by atoms with Crippen LogP contribution in [0, 0.1) is 0 Å². The topological polar surface area (TPSA) is 64.9 Å². The third-order valence-electron chi connectivity index (χ3n) is 1.37. The van der Waals surface area contributed by atoms with E-state index in [1.165, 1.54) is 0 Å². The first-order valence-electron chi connectivity index (χ1n) is 3.31. The summed E-state index contributed by atoms with van der Waals surface area (Å²) in [6, 6.07) is 3.57. The molecule has 4 heteroatoms. The van der Waals surface area contributed by atoms with Gasteiger partial charge in [0.05, 0.1) is 5.69 Å². The van der Waals surface area contributed by atoms with Crippen LogP contribution < -0.4 is 11.5 Å². The van der Waals surface area contributed by atoms with Crippen LogP contribution in [-0.2, 0) is 6.42 Å². The maximum absolute atomic E-state index is 5.52. The minimum absolute atomic E-state index is 0.382. The molecule has 0 saturated heterocycles. The lowest BCUT2D eigenvalue weighted by Crippen LogP contribution is -2.00. The molecule has 1 aromatic heterocycles. The number of alkyl halides is 1. The SMILES string of the molecule is Nc1ccc(CCCl)nc1N. The molecule has 3 nitrogen and oxygen atoms in total. The van der Waals surface area contributed by atoms with Gasteiger partial charge in [-0.05, 0) is 12.1 Å². The minimum atomic E-state index is 0.382. The highest BCUT2D eigenvalue weighted by Crippen LogP contribution is 2.11. The zero-order valence-corrected chi connectivity index (χ0v) is 6.80. The summed E-state index contributed by atoms with van der Waals surface area (Å²) in [4.78, 5) is 4.03. The fraction of sp³-hybridized carbons (Fsp3) is 0.286. The summed E-state index contributed by atoms with van der Waals surface area (Å²) in [5.74, 6) is 0.934. The monoisotopic (exact) mass is 171 g/mol. The Balaban J connectivity index is 2.86. The van der Waals surface area contributed by atoms with Crippen molar-refractivity contribution in [3.63, 3.8) is 0 Å². The Morgan fingerprint density at radius 2 is 2.09 bits per heavy atom. The number of nitrogens with two attached hydrogens (primary N) is 2. The maximum Gasteiger partial charge on any atom is 0.146 e. The van der Waals surface area contributed by atoms with E-state index in [0.717, 1.165) is 12.1 Å². The molecule has 0 radical (unpaired) electrons. The Kier molecular flexibility index (Phi) is 2.54. The molecule has 0 atom stereocenters. The molecule has 1 rings (SSSR count). The Morgan fingerprint density at radius 3 is 2.64 bits per heavy atom. The number of hydrogen-bond acceptors (Lipinski definition) is 3. The Labute approximate surface area is 70.4 Å². The van der Waals surface area contributed by atoms with Gasteiger partial charge in [0.25, 0.3) is 0 Å². The van der Waals surface area contributed by atoms with Gasteiger partial charge in [-0.3, -0.25) is 0 Å². The van der Waals surface area contributed by atoms with Crippen molar-refractivity contribution in [3.8, 4) is 0 Å². The first-order chi connectivity index (χ1) is 5.24. The van der Waals surface area contributed by atoms with E-state index in [2.05, 4.69) is 4.98 Å². The lowest BCUT2D eigenvalue weighted by molar-refractivity contribution is 1.05. The summed E-state index contributed by atoms with van der Waals surface area (Å²) in [6.45, 7) is 0. The molecule has 1 heterocycles. The standard InChI is InChI=1S/C7H10ClN3/c8-4-3-5-1-2-6(9)7(10)11-5/h1-2H,3-4,9H2,(H2,10,11). The van der Waals surface area contributed by atoms with Crippen LogP contribution >= 0.6 is 11.6 Å². The van der Waals surface area contributed by atoms with Gasteiger partial charge in [0.15, 0.2) is 0 Å². The summed E-state index contributed by atoms with van der Waals surface area (Å²) in [5, 5.41) is 0. The molecular weight excluding hydrogens is 162 g/mol. The number of rotatable bonds is 2. The first-order valence-corrected chi connectivity index (χ1v) is 3.84. The van der Waals surface area contributed by atoms with Gasteiger partial charge in [-0.15, -0.1) is 11.6 Å². The highest BCUT2D eigenvalue weighted by Gasteiger charge is 1.97. The molecule has 0 fully saturated rings. The lowest BCUT2D eigenvalue weighted by atomic mass is 10.3. The molecule has 0 aliphatic carbocycles. The smallest absolute Gasteiger partial charge is 0.146 e. The molecule has 0 aliphatic rings. The molecule has 0 aliphatic heterocycles. The predicted molar refractivity (Wildman–Crippen MR) is 47.5 cm³/mol. The van der Waals surface area contributed by atoms with Crippen LogP contribution in [0.5, 0.6) is 0 Å². The van der Waals surface area contributed by atoms with Gasteiger partial charge < -0.3 is 11.5 Å². The number of anilines is 2. The second-order valence-corrected chi connectivity index (χ2v) is 2.59. The van der Waals surface area contributed by atoms with Gasteiger partial charge in [-0.2, -0.15) is 0 Å². The van der Waals surface area contributed by atoms with Crippen molar-refractivity contribution in [2.45, 2.75) is 6.42 Å². The van der Waals surface area contributed by atoms with Crippen LogP contribution in [-0.4, -0.2) is 10.9 Å². The van der Waals surface area contributed by atoms with Gasteiger partial charge in [0.2, 0.25) is 0 Å². The highest BCUT2D eigenvalue weighted by atomic mass is 35.5. The van der Waals surface area contributed by atoms with Crippen molar-refractivity contribution in [2.75, 3.05) is 17.3 Å². The number of aromatic nitrogens is 1. The molecule has 0 saturated carbocycles. The molecule has 1 aromatic rings. The van der Waals surface area contributed by atoms with Crippen LogP contribution in [0.25, 0.3) is 0 Å². The minimum Gasteiger partial charge on any atom is -0.396 e. The van der Waals surface area contributed by atoms with Crippen molar-refractivity contribution in [1.29, 1.82) is 0 Å². The second-order valence-electron chi connectivity index (χ2n) is 2.22. The molecule has 0 aromatic carbocycles. The van der Waals surface area contributed by atoms with Gasteiger partial charge in [0.1, 0.15) is 5.82 Å². The van der Waals surface area contributed by atoms with Gasteiger partial charge in [0, 0.05) is 18.0 Å². The fourth-order valence-corrected chi connectivity index (χ4v) is 0.958. The molecule has 4 N–H and O–H groups in total. The van der Waals surface area contributed by atoms with Crippen LogP contribution in [0.1, 0.15) is 5.69 Å². The zero-order chi connectivity index (χ0) is 8.27. The van der Waals surface area contributed by atoms with Gasteiger partial charge >= 0.3 is 0 Å². The van der Waals surface area contributed by atoms with E-state index in [1.807, 2.05) is 6.07 Å². The number of nitrogens with zero attached hydrogens (tertiary/aromatic N) is 1. The summed E-state index contributed by atoms with van der Waals surface area (Å²) < 4.78 is 0. The fourth-order valence-electron chi connectivity index (χ4n) is 0.764. The summed E-state index contributed by atoms with van der Waals surface area (Å²) in [5.41, 5.74) is 12.3. The van der Waals surface area contributed by atoms with E-state index in [4.69, 9.17) is 23.1 Å². The first kappa shape index (κ1) is 8.14. The second kappa shape index (κ2) is 3.44. The van der Waals surface area contributed by atoms with E-state index in [1.54, 1.807) is 6.07 Å². The summed E-state index contributed by atoms with van der Waals surface area (Å²) in [6.07, 6.45) is 0.728. The van der Waals surface area contributed by atoms with Gasteiger partial charge in [-0.1, -0.05) is 0 Å². The highest BCUT2D eigenvalue weighted by molar-refractivity contribution is 6.17. The van der Waals surface area contributed by atoms with E-state index >= 15 is 0 Å². The summed E-state index contributed by atoms with van der Waals surface area (Å²) in [7, 11) is 0. The Hall–Kier alpha value is -0.960. The van der Waals surface area contributed by atoms with Crippen LogP contribution in [0.2, 0.25) is 0 Å². The van der Waals surface area contributed by atoms with E-state index in [0.29, 0.717) is 17.4 Å². The largest absolute Gasteiger partial charge is 0.396 e. The van der Waals surface area contributed by atoms with Crippen molar-refractivity contribution < 1.29 is 0 Å². The van der Waals surface area contributed by atoms with Crippen molar-refractivity contribution in [1.82, 2.24) is 4.98 Å². The molecule has 0 bridgehead atoms. The molecular formula is C7H10ClN3. The van der Waals surface area contributed by atoms with E-state index in [-0.39, 0.29) is 0 Å². The van der Waals surface area contributed by atoms with Crippen molar-refractivity contribution >= 4 is 23.1 Å². The third kappa shape index (κ3) is 1.98. The average molecular weight is 172 g/mol. The zero-order valence-electron chi connectivity index (χ0n) is 6.05. The predicted octanol–water partition coefficient (Wildman–Crippen LogP) is 1.03. The van der Waals surface area contributed by atoms with Gasteiger partial charge in [-0.25, -0.2) is 4.98 Å². The molecule has 0 amide bonds. The normalized spacial score (nSPS) is 9.91. The van der Waals surface area contributed by atoms with Crippen LogP contribution in [0.3, 0.4) is 0 Å². The molecule has 11 heavy (non-hydrogen) atoms. The number of hydrogen-bond donors (Lipinski definition) is 2. The van der Waals surface area contributed by atoms with E-state index in [9.17, 15) is 0 Å². The van der Waals surface area contributed by atoms with Crippen LogP contribution in [0.4, 0.5) is 11.5 Å². The lowest BCUT2D eigenvalue weighted by Gasteiger charge is -2.00. The molecule has 0 unspecified atom stereocenters. The number of nitrogen functional groups attached to an aromatic ring is 2. The number of halogens is 1. The Bertz CT molecular complexity index is 249. The van der Waals surface area contributed by atoms with Crippen molar-refractivity contribution in [3.05, 3.63) is 17.8 Å². The number of pyridine rings is 1.